The first kappa shape index (κ1) is 13.2. The van der Waals surface area contributed by atoms with Gasteiger partial charge in [0.05, 0.1) is 16.7 Å². The van der Waals surface area contributed by atoms with Crippen molar-refractivity contribution in [1.29, 1.82) is 0 Å². The van der Waals surface area contributed by atoms with E-state index in [0.717, 1.165) is 35.5 Å². The van der Waals surface area contributed by atoms with Crippen LogP contribution in [0.1, 0.15) is 4.88 Å². The molecule has 4 rings (SSSR count). The van der Waals surface area contributed by atoms with E-state index < -0.39 is 0 Å². The second kappa shape index (κ2) is 5.35. The first-order valence-electron chi connectivity index (χ1n) is 7.17. The molecule has 0 saturated carbocycles. The minimum absolute atomic E-state index is 0.266. The number of fused-ring (bicyclic) bond motifs is 1. The number of nitrogens with one attached hydrogen (secondary N) is 1. The van der Waals surface area contributed by atoms with E-state index in [0.29, 0.717) is 0 Å². The highest BCUT2D eigenvalue weighted by atomic mass is 32.1. The molecule has 0 spiro atoms. The number of phenolic OH excluding ortho intramolecular Hbond substituents is 1. The molecule has 0 aliphatic heterocycles. The van der Waals surface area contributed by atoms with E-state index in [2.05, 4.69) is 27.1 Å². The number of aromatic hydroxyl groups is 1. The number of aromatic amines is 1. The Morgan fingerprint density at radius 1 is 1.18 bits per heavy atom. The first-order valence-corrected chi connectivity index (χ1v) is 8.04. The standard InChI is InChI=1S/C17H15N3OS/c21-12-5-6-14-16(11-12)20(9-7-13-3-2-10-22-13)17(19-14)15-4-1-8-18-15/h1-6,8,10-11,18,21H,7,9H2. The number of imidazole rings is 1. The van der Waals surface area contributed by atoms with Crippen LogP contribution in [-0.2, 0) is 13.0 Å². The predicted molar refractivity (Wildman–Crippen MR) is 89.2 cm³/mol. The van der Waals surface area contributed by atoms with Crippen molar-refractivity contribution in [3.8, 4) is 17.3 Å². The average molecular weight is 309 g/mol. The molecule has 0 bridgehead atoms. The van der Waals surface area contributed by atoms with Gasteiger partial charge in [-0.2, -0.15) is 0 Å². The Labute approximate surface area is 131 Å². The SMILES string of the molecule is Oc1ccc2nc(-c3ccc[nH]3)n(CCc3cccs3)c2c1. The maximum Gasteiger partial charge on any atom is 0.157 e. The number of hydrogen-bond acceptors (Lipinski definition) is 3. The maximum absolute atomic E-state index is 9.80. The van der Waals surface area contributed by atoms with Crippen molar-refractivity contribution in [2.24, 2.45) is 0 Å². The van der Waals surface area contributed by atoms with Crippen LogP contribution in [0.15, 0.2) is 54.0 Å². The van der Waals surface area contributed by atoms with Gasteiger partial charge >= 0.3 is 0 Å². The molecule has 0 atom stereocenters. The Bertz CT molecular complexity index is 892. The van der Waals surface area contributed by atoms with Crippen LogP contribution in [-0.4, -0.2) is 19.6 Å². The van der Waals surface area contributed by atoms with Gasteiger partial charge in [-0.05, 0) is 42.1 Å². The number of aryl methyl sites for hydroxylation is 2. The highest BCUT2D eigenvalue weighted by molar-refractivity contribution is 7.09. The van der Waals surface area contributed by atoms with Gasteiger partial charge in [0.15, 0.2) is 5.82 Å². The molecule has 0 saturated heterocycles. The summed E-state index contributed by atoms with van der Waals surface area (Å²) < 4.78 is 2.17. The van der Waals surface area contributed by atoms with Crippen molar-refractivity contribution < 1.29 is 5.11 Å². The molecule has 2 N–H and O–H groups in total. The van der Waals surface area contributed by atoms with E-state index in [1.54, 1.807) is 23.5 Å². The molecule has 0 fully saturated rings. The van der Waals surface area contributed by atoms with E-state index in [-0.39, 0.29) is 5.75 Å². The number of aromatic nitrogens is 3. The number of rotatable bonds is 4. The zero-order valence-corrected chi connectivity index (χ0v) is 12.7. The van der Waals surface area contributed by atoms with E-state index in [1.807, 2.05) is 24.4 Å². The fourth-order valence-corrected chi connectivity index (χ4v) is 3.39. The van der Waals surface area contributed by atoms with Crippen LogP contribution in [0, 0.1) is 0 Å². The van der Waals surface area contributed by atoms with Gasteiger partial charge in [0.25, 0.3) is 0 Å². The van der Waals surface area contributed by atoms with Crippen molar-refractivity contribution in [1.82, 2.24) is 14.5 Å². The summed E-state index contributed by atoms with van der Waals surface area (Å²) in [6.45, 7) is 0.828. The molecule has 3 aromatic heterocycles. The summed E-state index contributed by atoms with van der Waals surface area (Å²) in [5, 5.41) is 11.9. The van der Waals surface area contributed by atoms with Crippen LogP contribution >= 0.6 is 11.3 Å². The second-order valence-electron chi connectivity index (χ2n) is 5.17. The Hall–Kier alpha value is -2.53. The third-order valence-corrected chi connectivity index (χ3v) is 4.67. The Morgan fingerprint density at radius 3 is 2.91 bits per heavy atom. The summed E-state index contributed by atoms with van der Waals surface area (Å²) in [5.41, 5.74) is 2.84. The zero-order chi connectivity index (χ0) is 14.9. The number of thiophene rings is 1. The molecule has 3 heterocycles. The smallest absolute Gasteiger partial charge is 0.157 e. The van der Waals surface area contributed by atoms with Crippen LogP contribution in [0.25, 0.3) is 22.6 Å². The summed E-state index contributed by atoms with van der Waals surface area (Å²) in [6.07, 6.45) is 2.85. The largest absolute Gasteiger partial charge is 0.508 e. The summed E-state index contributed by atoms with van der Waals surface area (Å²) in [7, 11) is 0. The topological polar surface area (TPSA) is 53.8 Å². The molecule has 0 unspecified atom stereocenters. The van der Waals surface area contributed by atoms with Gasteiger partial charge in [-0.15, -0.1) is 11.3 Å². The molecular formula is C17H15N3OS. The Morgan fingerprint density at radius 2 is 2.14 bits per heavy atom. The van der Waals surface area contributed by atoms with E-state index in [4.69, 9.17) is 4.98 Å². The average Bonchev–Trinajstić information content (AvgIpc) is 3.25. The molecule has 0 aliphatic rings. The molecule has 4 nitrogen and oxygen atoms in total. The van der Waals surface area contributed by atoms with E-state index in [9.17, 15) is 5.11 Å². The van der Waals surface area contributed by atoms with Crippen LogP contribution in [0.3, 0.4) is 0 Å². The summed E-state index contributed by atoms with van der Waals surface area (Å²) >= 11 is 1.77. The molecule has 0 aliphatic carbocycles. The fraction of sp³-hybridized carbons (Fsp3) is 0.118. The van der Waals surface area contributed by atoms with Crippen LogP contribution in [0.4, 0.5) is 0 Å². The van der Waals surface area contributed by atoms with E-state index in [1.165, 1.54) is 4.88 Å². The molecule has 4 aromatic rings. The minimum Gasteiger partial charge on any atom is -0.508 e. The Kier molecular flexibility index (Phi) is 3.20. The lowest BCUT2D eigenvalue weighted by molar-refractivity contribution is 0.476. The van der Waals surface area contributed by atoms with Gasteiger partial charge in [-0.1, -0.05) is 6.07 Å². The molecule has 110 valence electrons. The summed E-state index contributed by atoms with van der Waals surface area (Å²) in [6, 6.07) is 13.5. The minimum atomic E-state index is 0.266. The molecule has 5 heteroatoms. The third-order valence-electron chi connectivity index (χ3n) is 3.73. The monoisotopic (exact) mass is 309 g/mol. The van der Waals surface area contributed by atoms with Crippen LogP contribution < -0.4 is 0 Å². The fourth-order valence-electron chi connectivity index (χ4n) is 2.69. The third kappa shape index (κ3) is 2.29. The first-order chi connectivity index (χ1) is 10.8. The highest BCUT2D eigenvalue weighted by Gasteiger charge is 2.13. The van der Waals surface area contributed by atoms with Gasteiger partial charge in [0.1, 0.15) is 5.75 Å². The molecule has 1 aromatic carbocycles. The number of hydrogen-bond donors (Lipinski definition) is 2. The number of benzene rings is 1. The van der Waals surface area contributed by atoms with Crippen molar-refractivity contribution in [3.05, 3.63) is 58.9 Å². The summed E-state index contributed by atoms with van der Waals surface area (Å²) in [4.78, 5) is 9.29. The molecule has 0 amide bonds. The molecule has 0 radical (unpaired) electrons. The van der Waals surface area contributed by atoms with Gasteiger partial charge in [-0.25, -0.2) is 4.98 Å². The van der Waals surface area contributed by atoms with Gasteiger partial charge in [0.2, 0.25) is 0 Å². The van der Waals surface area contributed by atoms with Gasteiger partial charge in [-0.3, -0.25) is 0 Å². The summed E-state index contributed by atoms with van der Waals surface area (Å²) in [5.74, 6) is 1.17. The zero-order valence-electron chi connectivity index (χ0n) is 11.9. The highest BCUT2D eigenvalue weighted by Crippen LogP contribution is 2.27. The van der Waals surface area contributed by atoms with Crippen molar-refractivity contribution in [3.63, 3.8) is 0 Å². The van der Waals surface area contributed by atoms with Crippen molar-refractivity contribution in [2.45, 2.75) is 13.0 Å². The van der Waals surface area contributed by atoms with Crippen molar-refractivity contribution >= 4 is 22.4 Å². The maximum atomic E-state index is 9.80. The van der Waals surface area contributed by atoms with Crippen LogP contribution in [0.2, 0.25) is 0 Å². The lowest BCUT2D eigenvalue weighted by Crippen LogP contribution is -2.03. The lowest BCUT2D eigenvalue weighted by atomic mass is 10.3. The lowest BCUT2D eigenvalue weighted by Gasteiger charge is -2.08. The van der Waals surface area contributed by atoms with Crippen molar-refractivity contribution in [2.75, 3.05) is 0 Å². The normalized spacial score (nSPS) is 11.3. The molecule has 22 heavy (non-hydrogen) atoms. The van der Waals surface area contributed by atoms with Gasteiger partial charge in [0, 0.05) is 23.7 Å². The van der Waals surface area contributed by atoms with Gasteiger partial charge < -0.3 is 14.7 Å². The number of nitrogens with zero attached hydrogens (tertiary/aromatic N) is 2. The predicted octanol–water partition coefficient (Wildman–Crippen LogP) is 4.04. The second-order valence-corrected chi connectivity index (χ2v) is 6.21. The van der Waals surface area contributed by atoms with Crippen LogP contribution in [0.5, 0.6) is 5.75 Å². The number of H-pyrrole nitrogens is 1. The Balaban J connectivity index is 1.81. The molecular weight excluding hydrogens is 294 g/mol. The van der Waals surface area contributed by atoms with E-state index >= 15 is 0 Å². The quantitative estimate of drug-likeness (QED) is 0.598. The number of phenols is 1.